The number of aryl methyl sites for hydroxylation is 1. The molecule has 9 nitrogen and oxygen atoms in total. The summed E-state index contributed by atoms with van der Waals surface area (Å²) in [6.45, 7) is 1.59. The molecule has 0 aliphatic heterocycles. The fourth-order valence-corrected chi connectivity index (χ4v) is 2.58. The first-order chi connectivity index (χ1) is 13.8. The van der Waals surface area contributed by atoms with Crippen LogP contribution in [0.25, 0.3) is 0 Å². The Balaban J connectivity index is 1.70. The SMILES string of the molecule is Cc1nonc1CN(C)C(=O)c1ccc(=O)n(CC(=O)Nc2ccc(F)cc2)c1. The molecule has 0 saturated carbocycles. The number of halogens is 1. The lowest BCUT2D eigenvalue weighted by molar-refractivity contribution is -0.116. The molecule has 0 aliphatic carbocycles. The number of amides is 2. The number of anilines is 1. The first-order valence-electron chi connectivity index (χ1n) is 8.63. The molecular formula is C19H18FN5O4. The van der Waals surface area contributed by atoms with Crippen LogP contribution >= 0.6 is 0 Å². The first kappa shape index (κ1) is 19.9. The van der Waals surface area contributed by atoms with E-state index in [9.17, 15) is 18.8 Å². The van der Waals surface area contributed by atoms with Gasteiger partial charge in [-0.2, -0.15) is 0 Å². The highest BCUT2D eigenvalue weighted by Crippen LogP contribution is 2.10. The Morgan fingerprint density at radius 1 is 1.17 bits per heavy atom. The molecule has 10 heteroatoms. The molecule has 0 fully saturated rings. The average molecular weight is 399 g/mol. The van der Waals surface area contributed by atoms with Gasteiger partial charge in [0.15, 0.2) is 0 Å². The number of pyridine rings is 1. The van der Waals surface area contributed by atoms with Crippen molar-refractivity contribution in [2.75, 3.05) is 12.4 Å². The molecule has 0 bridgehead atoms. The summed E-state index contributed by atoms with van der Waals surface area (Å²) >= 11 is 0. The zero-order chi connectivity index (χ0) is 21.0. The third-order valence-corrected chi connectivity index (χ3v) is 4.15. The van der Waals surface area contributed by atoms with Crippen molar-refractivity contribution in [3.8, 4) is 0 Å². The van der Waals surface area contributed by atoms with Gasteiger partial charge in [0.1, 0.15) is 23.7 Å². The van der Waals surface area contributed by atoms with E-state index in [4.69, 9.17) is 0 Å². The van der Waals surface area contributed by atoms with Crippen molar-refractivity contribution in [3.05, 3.63) is 75.7 Å². The Morgan fingerprint density at radius 3 is 2.55 bits per heavy atom. The van der Waals surface area contributed by atoms with Gasteiger partial charge in [-0.05, 0) is 37.3 Å². The second kappa shape index (κ2) is 8.46. The number of carbonyl (C=O) groups is 2. The highest BCUT2D eigenvalue weighted by molar-refractivity contribution is 5.94. The number of rotatable bonds is 6. The summed E-state index contributed by atoms with van der Waals surface area (Å²) in [7, 11) is 1.58. The van der Waals surface area contributed by atoms with Crippen molar-refractivity contribution in [3.63, 3.8) is 0 Å². The van der Waals surface area contributed by atoms with E-state index in [1.54, 1.807) is 14.0 Å². The first-order valence-corrected chi connectivity index (χ1v) is 8.63. The van der Waals surface area contributed by atoms with E-state index in [0.717, 1.165) is 4.57 Å². The van der Waals surface area contributed by atoms with Crippen molar-refractivity contribution >= 4 is 17.5 Å². The molecule has 1 N–H and O–H groups in total. The number of hydrogen-bond donors (Lipinski definition) is 1. The summed E-state index contributed by atoms with van der Waals surface area (Å²) in [6, 6.07) is 7.85. The van der Waals surface area contributed by atoms with Crippen molar-refractivity contribution < 1.29 is 18.6 Å². The predicted octanol–water partition coefficient (Wildman–Crippen LogP) is 1.59. The van der Waals surface area contributed by atoms with Crippen LogP contribution in [0.1, 0.15) is 21.7 Å². The number of carbonyl (C=O) groups excluding carboxylic acids is 2. The van der Waals surface area contributed by atoms with Gasteiger partial charge in [0.05, 0.1) is 12.1 Å². The molecule has 2 aromatic heterocycles. The molecule has 2 amide bonds. The van der Waals surface area contributed by atoms with Crippen LogP contribution < -0.4 is 10.9 Å². The van der Waals surface area contributed by atoms with E-state index in [0.29, 0.717) is 17.1 Å². The predicted molar refractivity (Wildman–Crippen MR) is 101 cm³/mol. The Morgan fingerprint density at radius 2 is 1.90 bits per heavy atom. The number of hydrogen-bond acceptors (Lipinski definition) is 6. The molecule has 150 valence electrons. The second-order valence-electron chi connectivity index (χ2n) is 6.40. The van der Waals surface area contributed by atoms with Gasteiger partial charge < -0.3 is 14.8 Å². The lowest BCUT2D eigenvalue weighted by Crippen LogP contribution is -2.31. The van der Waals surface area contributed by atoms with Gasteiger partial charge >= 0.3 is 0 Å². The molecule has 3 rings (SSSR count). The van der Waals surface area contributed by atoms with Crippen molar-refractivity contribution in [1.29, 1.82) is 0 Å². The van der Waals surface area contributed by atoms with Gasteiger partial charge in [0.2, 0.25) is 5.91 Å². The summed E-state index contributed by atoms with van der Waals surface area (Å²) in [5, 5.41) is 9.97. The van der Waals surface area contributed by atoms with E-state index in [1.807, 2.05) is 0 Å². The topological polar surface area (TPSA) is 110 Å². The molecule has 3 aromatic rings. The number of benzene rings is 1. The smallest absolute Gasteiger partial charge is 0.255 e. The maximum absolute atomic E-state index is 12.9. The van der Waals surface area contributed by atoms with Crippen molar-refractivity contribution in [1.82, 2.24) is 19.8 Å². The fraction of sp³-hybridized carbons (Fsp3) is 0.211. The van der Waals surface area contributed by atoms with E-state index in [1.165, 1.54) is 47.5 Å². The largest absolute Gasteiger partial charge is 0.336 e. The third-order valence-electron chi connectivity index (χ3n) is 4.15. The molecule has 0 saturated heterocycles. The highest BCUT2D eigenvalue weighted by Gasteiger charge is 2.17. The van der Waals surface area contributed by atoms with Crippen LogP contribution in [0.5, 0.6) is 0 Å². The van der Waals surface area contributed by atoms with Gasteiger partial charge in [-0.3, -0.25) is 14.4 Å². The van der Waals surface area contributed by atoms with Crippen LogP contribution in [0, 0.1) is 12.7 Å². The van der Waals surface area contributed by atoms with Gasteiger partial charge in [-0.1, -0.05) is 10.3 Å². The number of nitrogens with zero attached hydrogens (tertiary/aromatic N) is 4. The standard InChI is InChI=1S/C19H18FN5O4/c1-12-16(23-29-22-12)10-24(2)19(28)13-3-8-18(27)25(9-13)11-17(26)21-15-6-4-14(20)5-7-15/h3-9H,10-11H2,1-2H3,(H,21,26). The Hall–Kier alpha value is -3.82. The van der Waals surface area contributed by atoms with Crippen LogP contribution in [-0.2, 0) is 17.9 Å². The molecule has 1 aromatic carbocycles. The van der Waals surface area contributed by atoms with Gasteiger partial charge in [0, 0.05) is 25.0 Å². The van der Waals surface area contributed by atoms with E-state index >= 15 is 0 Å². The monoisotopic (exact) mass is 399 g/mol. The quantitative estimate of drug-likeness (QED) is 0.674. The molecule has 2 heterocycles. The lowest BCUT2D eigenvalue weighted by Gasteiger charge is -2.16. The number of nitrogens with one attached hydrogen (secondary N) is 1. The molecule has 0 unspecified atom stereocenters. The minimum Gasteiger partial charge on any atom is -0.336 e. The van der Waals surface area contributed by atoms with Crippen molar-refractivity contribution in [2.24, 2.45) is 0 Å². The van der Waals surface area contributed by atoms with Crippen LogP contribution in [0.15, 0.2) is 52.0 Å². The molecule has 0 spiro atoms. The Kier molecular flexibility index (Phi) is 5.82. The summed E-state index contributed by atoms with van der Waals surface area (Å²) in [5.74, 6) is -1.27. The summed E-state index contributed by atoms with van der Waals surface area (Å²) in [4.78, 5) is 38.3. The molecule has 0 atom stereocenters. The Bertz CT molecular complexity index is 1090. The molecule has 29 heavy (non-hydrogen) atoms. The maximum Gasteiger partial charge on any atom is 0.255 e. The molecule has 0 radical (unpaired) electrons. The minimum atomic E-state index is -0.485. The highest BCUT2D eigenvalue weighted by atomic mass is 19.1. The summed E-state index contributed by atoms with van der Waals surface area (Å²) in [5.41, 5.74) is 1.29. The van der Waals surface area contributed by atoms with Crippen molar-refractivity contribution in [2.45, 2.75) is 20.0 Å². The summed E-state index contributed by atoms with van der Waals surface area (Å²) < 4.78 is 18.7. The van der Waals surface area contributed by atoms with Gasteiger partial charge in [-0.25, -0.2) is 9.02 Å². The van der Waals surface area contributed by atoms with E-state index in [-0.39, 0.29) is 24.6 Å². The number of aromatic nitrogens is 3. The molecule has 0 aliphatic rings. The third kappa shape index (κ3) is 4.92. The van der Waals surface area contributed by atoms with Crippen LogP contribution in [0.2, 0.25) is 0 Å². The second-order valence-corrected chi connectivity index (χ2v) is 6.40. The molecular weight excluding hydrogens is 381 g/mol. The van der Waals surface area contributed by atoms with Crippen LogP contribution in [0.3, 0.4) is 0 Å². The van der Waals surface area contributed by atoms with E-state index < -0.39 is 17.3 Å². The minimum absolute atomic E-state index is 0.179. The van der Waals surface area contributed by atoms with Gasteiger partial charge in [0.25, 0.3) is 11.5 Å². The zero-order valence-corrected chi connectivity index (χ0v) is 15.8. The normalized spacial score (nSPS) is 10.6. The Labute approximate surface area is 164 Å². The van der Waals surface area contributed by atoms with E-state index in [2.05, 4.69) is 20.3 Å². The lowest BCUT2D eigenvalue weighted by atomic mass is 10.2. The maximum atomic E-state index is 12.9. The van der Waals surface area contributed by atoms with Gasteiger partial charge in [-0.15, -0.1) is 0 Å². The average Bonchev–Trinajstić information content (AvgIpc) is 3.09. The zero-order valence-electron chi connectivity index (χ0n) is 15.8. The van der Waals surface area contributed by atoms with Crippen LogP contribution in [0.4, 0.5) is 10.1 Å². The fourth-order valence-electron chi connectivity index (χ4n) is 2.58. The summed E-state index contributed by atoms with van der Waals surface area (Å²) in [6.07, 6.45) is 1.32. The van der Waals surface area contributed by atoms with Crippen LogP contribution in [-0.4, -0.2) is 38.6 Å².